The third-order valence-corrected chi connectivity index (χ3v) is 4.64. The van der Waals surface area contributed by atoms with Crippen LogP contribution in [0.2, 0.25) is 0 Å². The van der Waals surface area contributed by atoms with Crippen LogP contribution in [0.4, 0.5) is 9.59 Å². The van der Waals surface area contributed by atoms with E-state index in [0.717, 1.165) is 0 Å². The first-order chi connectivity index (χ1) is 13.3. The van der Waals surface area contributed by atoms with E-state index in [1.165, 1.54) is 9.96 Å². The van der Waals surface area contributed by atoms with E-state index in [0.29, 0.717) is 12.7 Å². The Labute approximate surface area is 168 Å². The second-order valence-corrected chi connectivity index (χ2v) is 9.18. The third-order valence-electron chi connectivity index (χ3n) is 4.64. The molecule has 3 atom stereocenters. The van der Waals surface area contributed by atoms with Crippen LogP contribution in [0.5, 0.6) is 0 Å². The summed E-state index contributed by atoms with van der Waals surface area (Å²) < 4.78 is 15.5. The van der Waals surface area contributed by atoms with Crippen molar-refractivity contribution in [1.82, 2.24) is 9.96 Å². The van der Waals surface area contributed by atoms with Crippen molar-refractivity contribution in [3.63, 3.8) is 0 Å². The number of nitrogens with zero attached hydrogens (tertiary/aromatic N) is 2. The van der Waals surface area contributed by atoms with E-state index in [1.807, 2.05) is 0 Å². The number of amides is 1. The first-order valence-corrected chi connectivity index (χ1v) is 9.43. The Balaban J connectivity index is 1.74. The molecule has 0 bridgehead atoms. The highest BCUT2D eigenvalue weighted by atomic mass is 16.8. The molecule has 2 saturated heterocycles. The molecule has 3 aliphatic rings. The summed E-state index contributed by atoms with van der Waals surface area (Å²) in [4.78, 5) is 55.0. The molecule has 160 valence electrons. The minimum absolute atomic E-state index is 0.107. The maximum Gasteiger partial charge on any atom is 0.528 e. The van der Waals surface area contributed by atoms with Gasteiger partial charge in [0.05, 0.1) is 11.6 Å². The predicted molar refractivity (Wildman–Crippen MR) is 97.0 cm³/mol. The molecule has 29 heavy (non-hydrogen) atoms. The number of rotatable bonds is 3. The molecule has 0 aromatic heterocycles. The quantitative estimate of drug-likeness (QED) is 0.392. The van der Waals surface area contributed by atoms with Crippen LogP contribution in [0.3, 0.4) is 0 Å². The van der Waals surface area contributed by atoms with Gasteiger partial charge in [-0.1, -0.05) is 0 Å². The average Bonchev–Trinajstić information content (AvgIpc) is 2.80. The molecule has 2 fully saturated rings. The molecule has 0 spiro atoms. The van der Waals surface area contributed by atoms with Gasteiger partial charge < -0.3 is 19.0 Å². The zero-order valence-corrected chi connectivity index (χ0v) is 17.4. The normalized spacial score (nSPS) is 26.5. The van der Waals surface area contributed by atoms with Crippen molar-refractivity contribution in [3.8, 4) is 0 Å². The van der Waals surface area contributed by atoms with E-state index in [4.69, 9.17) is 19.0 Å². The van der Waals surface area contributed by atoms with Gasteiger partial charge in [0.2, 0.25) is 5.88 Å². The van der Waals surface area contributed by atoms with Crippen molar-refractivity contribution >= 4 is 24.5 Å². The monoisotopic (exact) mass is 410 g/mol. The van der Waals surface area contributed by atoms with Crippen LogP contribution in [0, 0.1) is 5.92 Å². The van der Waals surface area contributed by atoms with Crippen molar-refractivity contribution < 1.29 is 38.2 Å². The smallest absolute Gasteiger partial charge is 0.428 e. The molecule has 0 aromatic carbocycles. The highest BCUT2D eigenvalue weighted by Crippen LogP contribution is 2.48. The molecular weight excluding hydrogens is 384 g/mol. The lowest BCUT2D eigenvalue weighted by molar-refractivity contribution is -0.223. The Hall–Kier alpha value is -2.62. The second-order valence-electron chi connectivity index (χ2n) is 9.18. The van der Waals surface area contributed by atoms with Crippen LogP contribution in [0.25, 0.3) is 0 Å². The number of β-lactam (4-membered cyclic amide) rings is 1. The summed E-state index contributed by atoms with van der Waals surface area (Å²) in [5.74, 6) is -0.852. The molecule has 3 aliphatic heterocycles. The highest BCUT2D eigenvalue weighted by molar-refractivity contribution is 5.95. The third kappa shape index (κ3) is 4.07. The van der Waals surface area contributed by atoms with E-state index >= 15 is 0 Å². The summed E-state index contributed by atoms with van der Waals surface area (Å²) in [5.41, 5.74) is -1.29. The number of hydroxylamine groups is 2. The summed E-state index contributed by atoms with van der Waals surface area (Å²) >= 11 is 0. The fourth-order valence-electron chi connectivity index (χ4n) is 3.70. The fourth-order valence-corrected chi connectivity index (χ4v) is 3.70. The summed E-state index contributed by atoms with van der Waals surface area (Å²) in [6.45, 7) is 10.4. The summed E-state index contributed by atoms with van der Waals surface area (Å²) in [5, 5.41) is 1.27. The van der Waals surface area contributed by atoms with E-state index in [9.17, 15) is 19.2 Å². The van der Waals surface area contributed by atoms with Gasteiger partial charge >= 0.3 is 12.3 Å². The van der Waals surface area contributed by atoms with E-state index in [-0.39, 0.29) is 23.9 Å². The Morgan fingerprint density at radius 1 is 1.03 bits per heavy atom. The first-order valence-electron chi connectivity index (χ1n) is 9.43. The van der Waals surface area contributed by atoms with Gasteiger partial charge in [0.25, 0.3) is 5.91 Å². The van der Waals surface area contributed by atoms with Gasteiger partial charge in [0.1, 0.15) is 17.2 Å². The molecule has 1 amide bonds. The largest absolute Gasteiger partial charge is 0.528 e. The van der Waals surface area contributed by atoms with Crippen molar-refractivity contribution in [3.05, 3.63) is 11.5 Å². The Morgan fingerprint density at radius 2 is 1.62 bits per heavy atom. The molecule has 10 heteroatoms. The number of hydrogen-bond acceptors (Lipinski definition) is 9. The van der Waals surface area contributed by atoms with Gasteiger partial charge in [-0.15, -0.1) is 5.06 Å². The molecule has 0 saturated carbocycles. The zero-order chi connectivity index (χ0) is 21.7. The van der Waals surface area contributed by atoms with Crippen LogP contribution in [-0.2, 0) is 28.6 Å². The van der Waals surface area contributed by atoms with Crippen LogP contribution in [0.15, 0.2) is 11.5 Å². The number of carbonyl (C=O) groups excluding carboxylic acids is 4. The topological polar surface area (TPSA) is 112 Å². The van der Waals surface area contributed by atoms with E-state index in [1.54, 1.807) is 41.5 Å². The number of hydrogen-bond donors (Lipinski definition) is 0. The molecule has 10 nitrogen and oxygen atoms in total. The maximum absolute atomic E-state index is 12.7. The second kappa shape index (κ2) is 7.01. The lowest BCUT2D eigenvalue weighted by Crippen LogP contribution is -2.72. The Bertz CT molecular complexity index is 776. The number of aldehydes is 1. The Morgan fingerprint density at radius 3 is 2.17 bits per heavy atom. The SMILES string of the molecule is CC(C)(C)OC(=O)OC1=C(C=O)C2CCN(OC(=O)OC(C)(C)C)[C@@H]3C(=O)N1[C@H]23. The van der Waals surface area contributed by atoms with Gasteiger partial charge in [-0.25, -0.2) is 9.59 Å². The van der Waals surface area contributed by atoms with Crippen LogP contribution in [-0.4, -0.2) is 64.3 Å². The lowest BCUT2D eigenvalue weighted by atomic mass is 9.79. The standard InChI is InChI=1S/C19H26N2O8/c1-18(2,3)27-16(24)26-15-11(9-22)10-7-8-20(13-12(10)21(15)14(13)23)29-17(25)28-19(4,5)6/h9-10,12-13H,7-8H2,1-6H3/t10?,12-,13+/m1/s1. The van der Waals surface area contributed by atoms with Gasteiger partial charge in [0.15, 0.2) is 6.29 Å². The number of ether oxygens (including phenoxy) is 3. The van der Waals surface area contributed by atoms with Crippen LogP contribution in [0.1, 0.15) is 48.0 Å². The molecule has 0 aromatic rings. The summed E-state index contributed by atoms with van der Waals surface area (Å²) in [6, 6.07) is -1.23. The minimum atomic E-state index is -0.997. The first kappa shape index (κ1) is 21.1. The average molecular weight is 410 g/mol. The molecule has 0 radical (unpaired) electrons. The van der Waals surface area contributed by atoms with Crippen molar-refractivity contribution in [2.24, 2.45) is 5.92 Å². The number of piperidine rings is 1. The Kier molecular flexibility index (Phi) is 5.10. The molecule has 0 N–H and O–H groups in total. The van der Waals surface area contributed by atoms with E-state index in [2.05, 4.69) is 0 Å². The molecule has 1 unspecified atom stereocenters. The molecule has 3 rings (SSSR count). The number of carbonyl (C=O) groups is 4. The summed E-state index contributed by atoms with van der Waals surface area (Å²) in [7, 11) is 0. The predicted octanol–water partition coefficient (Wildman–Crippen LogP) is 2.13. The summed E-state index contributed by atoms with van der Waals surface area (Å²) in [6.07, 6.45) is -0.877. The molecule has 0 aliphatic carbocycles. The molecular formula is C19H26N2O8. The van der Waals surface area contributed by atoms with Crippen LogP contribution >= 0.6 is 0 Å². The van der Waals surface area contributed by atoms with Crippen molar-refractivity contribution in [1.29, 1.82) is 0 Å². The maximum atomic E-state index is 12.7. The zero-order valence-electron chi connectivity index (χ0n) is 17.4. The van der Waals surface area contributed by atoms with Crippen molar-refractivity contribution in [2.45, 2.75) is 71.2 Å². The fraction of sp³-hybridized carbons (Fsp3) is 0.684. The highest BCUT2D eigenvalue weighted by Gasteiger charge is 2.65. The van der Waals surface area contributed by atoms with Gasteiger partial charge in [-0.05, 0) is 48.0 Å². The van der Waals surface area contributed by atoms with Crippen molar-refractivity contribution in [2.75, 3.05) is 6.54 Å². The van der Waals surface area contributed by atoms with E-state index < -0.39 is 41.5 Å². The van der Waals surface area contributed by atoms with Crippen LogP contribution < -0.4 is 0 Å². The molecule has 3 heterocycles. The minimum Gasteiger partial charge on any atom is -0.428 e. The van der Waals surface area contributed by atoms with Gasteiger partial charge in [-0.3, -0.25) is 14.5 Å². The van der Waals surface area contributed by atoms with Gasteiger partial charge in [-0.2, -0.15) is 0 Å². The van der Waals surface area contributed by atoms with Gasteiger partial charge in [0, 0.05) is 12.5 Å². The lowest BCUT2D eigenvalue weighted by Gasteiger charge is -2.51.